The lowest BCUT2D eigenvalue weighted by Crippen LogP contribution is -2.21. The van der Waals surface area contributed by atoms with Gasteiger partial charge in [0.15, 0.2) is 16.8 Å². The predicted molar refractivity (Wildman–Crippen MR) is 95.4 cm³/mol. The summed E-state index contributed by atoms with van der Waals surface area (Å²) in [6.45, 7) is 1.63. The van der Waals surface area contributed by atoms with Crippen molar-refractivity contribution in [3.05, 3.63) is 52.5 Å². The van der Waals surface area contributed by atoms with Gasteiger partial charge >= 0.3 is 0 Å². The smallest absolute Gasteiger partial charge is 0.258 e. The minimum absolute atomic E-state index is 0.168. The van der Waals surface area contributed by atoms with Crippen LogP contribution in [0.25, 0.3) is 10.9 Å². The van der Waals surface area contributed by atoms with E-state index in [9.17, 15) is 9.18 Å². The normalized spacial score (nSPS) is 14.4. The molecule has 1 aromatic carbocycles. The fraction of sp³-hybridized carbons (Fsp3) is 0.294. The third kappa shape index (κ3) is 3.34. The van der Waals surface area contributed by atoms with Crippen LogP contribution >= 0.6 is 11.8 Å². The summed E-state index contributed by atoms with van der Waals surface area (Å²) < 4.78 is 14.0. The Morgan fingerprint density at radius 3 is 2.84 bits per heavy atom. The molecule has 0 amide bonds. The number of halogens is 1. The lowest BCUT2D eigenvalue weighted by Gasteiger charge is -2.17. The number of nitrogens with one attached hydrogen (secondary N) is 1. The van der Waals surface area contributed by atoms with Crippen molar-refractivity contribution in [1.82, 2.24) is 19.9 Å². The van der Waals surface area contributed by atoms with E-state index in [2.05, 4.69) is 19.9 Å². The first-order chi connectivity index (χ1) is 12.2. The van der Waals surface area contributed by atoms with Gasteiger partial charge in [0, 0.05) is 13.1 Å². The Balaban J connectivity index is 1.55. The average Bonchev–Trinajstić information content (AvgIpc) is 3.15. The minimum atomic E-state index is -0.400. The summed E-state index contributed by atoms with van der Waals surface area (Å²) >= 11 is 1.32. The number of para-hydroxylation sites is 1. The Morgan fingerprint density at radius 1 is 1.20 bits per heavy atom. The lowest BCUT2D eigenvalue weighted by molar-refractivity contribution is 0.599. The van der Waals surface area contributed by atoms with Crippen LogP contribution in [0, 0.1) is 5.82 Å². The highest BCUT2D eigenvalue weighted by Gasteiger charge is 2.19. The molecular formula is C17H16FN5OS. The van der Waals surface area contributed by atoms with Gasteiger partial charge in [-0.25, -0.2) is 19.3 Å². The first-order valence-corrected chi connectivity index (χ1v) is 9.07. The van der Waals surface area contributed by atoms with Crippen LogP contribution in [-0.4, -0.2) is 33.0 Å². The standard InChI is InChI=1S/C17H16FN5OS/c18-12-9-19-17(22-15(12)23-7-3-4-8-23)25-10-14-20-13-6-2-1-5-11(13)16(24)21-14/h1-2,5-6,9H,3-4,7-8,10H2,(H,20,21,24). The molecule has 128 valence electrons. The first kappa shape index (κ1) is 16.0. The van der Waals surface area contributed by atoms with Gasteiger partial charge in [0.05, 0.1) is 22.9 Å². The van der Waals surface area contributed by atoms with Crippen molar-refractivity contribution in [2.75, 3.05) is 18.0 Å². The van der Waals surface area contributed by atoms with E-state index in [4.69, 9.17) is 0 Å². The molecule has 4 rings (SSSR count). The van der Waals surface area contributed by atoms with E-state index >= 15 is 0 Å². The number of anilines is 1. The van der Waals surface area contributed by atoms with E-state index in [0.717, 1.165) is 25.9 Å². The lowest BCUT2D eigenvalue weighted by atomic mass is 10.2. The summed E-state index contributed by atoms with van der Waals surface area (Å²) in [5, 5.41) is 1.03. The van der Waals surface area contributed by atoms with Gasteiger partial charge in [0.25, 0.3) is 5.56 Å². The predicted octanol–water partition coefficient (Wildman–Crippen LogP) is 2.74. The number of thioether (sulfide) groups is 1. The van der Waals surface area contributed by atoms with Gasteiger partial charge in [0.1, 0.15) is 5.82 Å². The maximum atomic E-state index is 14.0. The Morgan fingerprint density at radius 2 is 2.00 bits per heavy atom. The molecule has 0 unspecified atom stereocenters. The molecule has 0 aliphatic carbocycles. The molecule has 3 heterocycles. The molecule has 0 saturated carbocycles. The Labute approximate surface area is 147 Å². The van der Waals surface area contributed by atoms with E-state index in [1.54, 1.807) is 18.2 Å². The average molecular weight is 357 g/mol. The van der Waals surface area contributed by atoms with Crippen molar-refractivity contribution in [2.45, 2.75) is 23.8 Å². The van der Waals surface area contributed by atoms with Crippen molar-refractivity contribution < 1.29 is 4.39 Å². The highest BCUT2D eigenvalue weighted by atomic mass is 32.2. The molecular weight excluding hydrogens is 341 g/mol. The van der Waals surface area contributed by atoms with Crippen LogP contribution in [0.1, 0.15) is 18.7 Å². The second-order valence-electron chi connectivity index (χ2n) is 5.84. The zero-order chi connectivity index (χ0) is 17.2. The van der Waals surface area contributed by atoms with Crippen LogP contribution in [0.2, 0.25) is 0 Å². The highest BCUT2D eigenvalue weighted by Crippen LogP contribution is 2.25. The molecule has 3 aromatic rings. The molecule has 25 heavy (non-hydrogen) atoms. The Kier molecular flexibility index (Phi) is 4.35. The van der Waals surface area contributed by atoms with Gasteiger partial charge in [-0.05, 0) is 25.0 Å². The van der Waals surface area contributed by atoms with Gasteiger partial charge < -0.3 is 9.88 Å². The van der Waals surface area contributed by atoms with Crippen molar-refractivity contribution in [1.29, 1.82) is 0 Å². The molecule has 1 aliphatic rings. The molecule has 6 nitrogen and oxygen atoms in total. The maximum Gasteiger partial charge on any atom is 0.258 e. The molecule has 1 fully saturated rings. The summed E-state index contributed by atoms with van der Waals surface area (Å²) in [4.78, 5) is 29.6. The van der Waals surface area contributed by atoms with Crippen molar-refractivity contribution >= 4 is 28.5 Å². The molecule has 0 spiro atoms. The second-order valence-corrected chi connectivity index (χ2v) is 6.78. The SMILES string of the molecule is O=c1[nH]c(CSc2ncc(F)c(N3CCCC3)n2)nc2ccccc12. The summed E-state index contributed by atoms with van der Waals surface area (Å²) in [5.74, 6) is 0.910. The summed E-state index contributed by atoms with van der Waals surface area (Å²) in [6.07, 6.45) is 3.31. The summed E-state index contributed by atoms with van der Waals surface area (Å²) in [6, 6.07) is 7.19. The van der Waals surface area contributed by atoms with Crippen molar-refractivity contribution in [2.24, 2.45) is 0 Å². The number of H-pyrrole nitrogens is 1. The maximum absolute atomic E-state index is 14.0. The van der Waals surface area contributed by atoms with E-state index in [1.807, 2.05) is 11.0 Å². The highest BCUT2D eigenvalue weighted by molar-refractivity contribution is 7.98. The van der Waals surface area contributed by atoms with Crippen LogP contribution in [0.3, 0.4) is 0 Å². The van der Waals surface area contributed by atoms with E-state index in [1.165, 1.54) is 18.0 Å². The number of nitrogens with zero attached hydrogens (tertiary/aromatic N) is 4. The molecule has 1 aliphatic heterocycles. The molecule has 0 bridgehead atoms. The van der Waals surface area contributed by atoms with Gasteiger partial charge in [-0.3, -0.25) is 4.79 Å². The van der Waals surface area contributed by atoms with E-state index in [0.29, 0.717) is 33.5 Å². The summed E-state index contributed by atoms with van der Waals surface area (Å²) in [5.41, 5.74) is 0.485. The summed E-state index contributed by atoms with van der Waals surface area (Å²) in [7, 11) is 0. The number of aromatic amines is 1. The van der Waals surface area contributed by atoms with Crippen LogP contribution in [0.15, 0.2) is 40.4 Å². The molecule has 1 saturated heterocycles. The van der Waals surface area contributed by atoms with Crippen LogP contribution < -0.4 is 10.5 Å². The largest absolute Gasteiger partial charge is 0.354 e. The Bertz CT molecular complexity index is 971. The fourth-order valence-corrected chi connectivity index (χ4v) is 3.58. The van der Waals surface area contributed by atoms with Crippen LogP contribution in [0.5, 0.6) is 0 Å². The number of hydrogen-bond donors (Lipinski definition) is 1. The van der Waals surface area contributed by atoms with Gasteiger partial charge in [-0.2, -0.15) is 0 Å². The van der Waals surface area contributed by atoms with Crippen molar-refractivity contribution in [3.63, 3.8) is 0 Å². The molecule has 2 aromatic heterocycles. The first-order valence-electron chi connectivity index (χ1n) is 8.09. The number of hydrogen-bond acceptors (Lipinski definition) is 6. The quantitative estimate of drug-likeness (QED) is 0.572. The third-order valence-electron chi connectivity index (χ3n) is 4.11. The van der Waals surface area contributed by atoms with Gasteiger partial charge in [-0.1, -0.05) is 23.9 Å². The molecule has 1 N–H and O–H groups in total. The van der Waals surface area contributed by atoms with Gasteiger partial charge in [0.2, 0.25) is 0 Å². The zero-order valence-electron chi connectivity index (χ0n) is 13.4. The van der Waals surface area contributed by atoms with Crippen LogP contribution in [-0.2, 0) is 5.75 Å². The number of benzene rings is 1. The Hall–Kier alpha value is -2.48. The fourth-order valence-electron chi connectivity index (χ4n) is 2.90. The van der Waals surface area contributed by atoms with Crippen molar-refractivity contribution in [3.8, 4) is 0 Å². The second kappa shape index (κ2) is 6.79. The number of aromatic nitrogens is 4. The topological polar surface area (TPSA) is 74.8 Å². The molecule has 0 atom stereocenters. The number of rotatable bonds is 4. The molecule has 8 heteroatoms. The number of fused-ring (bicyclic) bond motifs is 1. The monoisotopic (exact) mass is 357 g/mol. The van der Waals surface area contributed by atoms with Crippen LogP contribution in [0.4, 0.5) is 10.2 Å². The van der Waals surface area contributed by atoms with E-state index in [-0.39, 0.29) is 5.56 Å². The third-order valence-corrected chi connectivity index (χ3v) is 4.98. The van der Waals surface area contributed by atoms with Gasteiger partial charge in [-0.15, -0.1) is 0 Å². The zero-order valence-corrected chi connectivity index (χ0v) is 14.2. The van der Waals surface area contributed by atoms with E-state index < -0.39 is 5.82 Å². The minimum Gasteiger partial charge on any atom is -0.354 e. The molecule has 0 radical (unpaired) electrons.